The van der Waals surface area contributed by atoms with Crippen LogP contribution in [0, 0.1) is 19.7 Å². The van der Waals surface area contributed by atoms with Crippen molar-refractivity contribution in [3.8, 4) is 0 Å². The third-order valence-corrected chi connectivity index (χ3v) is 6.07. The van der Waals surface area contributed by atoms with Gasteiger partial charge in [-0.3, -0.25) is 4.90 Å². The Balaban J connectivity index is 1.52. The van der Waals surface area contributed by atoms with Crippen molar-refractivity contribution < 1.29 is 13.9 Å². The first-order chi connectivity index (χ1) is 16.7. The highest BCUT2D eigenvalue weighted by atomic mass is 19.1. The number of hydrogen-bond acceptors (Lipinski definition) is 6. The Hall–Kier alpha value is -3.69. The van der Waals surface area contributed by atoms with Gasteiger partial charge in [0.25, 0.3) is 0 Å². The van der Waals surface area contributed by atoms with E-state index >= 15 is 4.39 Å². The lowest BCUT2D eigenvalue weighted by atomic mass is 9.99. The molecule has 1 saturated heterocycles. The van der Waals surface area contributed by atoms with Crippen LogP contribution in [0.4, 0.5) is 20.7 Å². The number of carbonyl (C=O) groups excluding carboxylic acids is 1. The van der Waals surface area contributed by atoms with Crippen LogP contribution in [0.3, 0.4) is 0 Å². The number of fused-ring (bicyclic) bond motifs is 1. The number of ether oxygens (including phenoxy) is 1. The fraction of sp³-hybridized carbons (Fsp3) is 0.462. The minimum atomic E-state index is -0.572. The van der Waals surface area contributed by atoms with Crippen LogP contribution in [0.1, 0.15) is 51.6 Å². The maximum atomic E-state index is 15.0. The molecule has 0 aliphatic carbocycles. The van der Waals surface area contributed by atoms with Crippen molar-refractivity contribution in [3.63, 3.8) is 0 Å². The van der Waals surface area contributed by atoms with Gasteiger partial charge < -0.3 is 15.4 Å². The van der Waals surface area contributed by atoms with Crippen molar-refractivity contribution in [1.29, 1.82) is 0 Å². The lowest BCUT2D eigenvalue weighted by molar-refractivity contribution is 0.000366. The number of rotatable bonds is 3. The molecule has 36 heavy (non-hydrogen) atoms. The van der Waals surface area contributed by atoms with E-state index in [-0.39, 0.29) is 17.7 Å². The molecule has 3 aromatic rings. The molecule has 1 fully saturated rings. The van der Waals surface area contributed by atoms with E-state index in [0.29, 0.717) is 30.9 Å². The summed E-state index contributed by atoms with van der Waals surface area (Å²) in [6.07, 6.45) is 1.24. The minimum absolute atomic E-state index is 0.0786. The number of pyridine rings is 2. The van der Waals surface area contributed by atoms with Crippen molar-refractivity contribution in [1.82, 2.24) is 19.5 Å². The van der Waals surface area contributed by atoms with Crippen LogP contribution in [0.25, 0.3) is 5.52 Å². The number of hydrogen-bond donors (Lipinski definition) is 1. The number of anilines is 1. The summed E-state index contributed by atoms with van der Waals surface area (Å²) in [7, 11) is 0. The number of aliphatic imine (C=N–C) groups is 1. The third kappa shape index (κ3) is 5.27. The molecule has 3 aromatic heterocycles. The molecule has 9 nitrogen and oxygen atoms in total. The molecule has 10 heteroatoms. The number of amides is 1. The quantitative estimate of drug-likeness (QED) is 0.428. The topological polar surface area (TPSA) is 101 Å². The maximum Gasteiger partial charge on any atom is 0.410 e. The molecule has 4 rings (SSSR count). The van der Waals surface area contributed by atoms with Gasteiger partial charge in [-0.2, -0.15) is 5.10 Å². The highest BCUT2D eigenvalue weighted by molar-refractivity contribution is 5.99. The fourth-order valence-electron chi connectivity index (χ4n) is 4.43. The Morgan fingerprint density at radius 3 is 2.53 bits per heavy atom. The number of aromatic nitrogens is 3. The van der Waals surface area contributed by atoms with E-state index < -0.39 is 17.0 Å². The first kappa shape index (κ1) is 25.4. The van der Waals surface area contributed by atoms with Gasteiger partial charge in [0.2, 0.25) is 0 Å². The highest BCUT2D eigenvalue weighted by Gasteiger charge is 2.39. The Morgan fingerprint density at radius 2 is 1.89 bits per heavy atom. The molecule has 0 atom stereocenters. The molecule has 1 aliphatic heterocycles. The van der Waals surface area contributed by atoms with Crippen LogP contribution < -0.4 is 10.6 Å². The minimum Gasteiger partial charge on any atom is -0.444 e. The molecule has 4 heterocycles. The fourth-order valence-corrected chi connectivity index (χ4v) is 4.43. The second-order valence-corrected chi connectivity index (χ2v) is 10.9. The molecule has 0 aromatic carbocycles. The zero-order valence-corrected chi connectivity index (χ0v) is 22.0. The van der Waals surface area contributed by atoms with Gasteiger partial charge in [-0.05, 0) is 66.7 Å². The lowest BCUT2D eigenvalue weighted by Crippen LogP contribution is -2.61. The second-order valence-electron chi connectivity index (χ2n) is 10.9. The van der Waals surface area contributed by atoms with Gasteiger partial charge in [-0.25, -0.2) is 23.7 Å². The van der Waals surface area contributed by atoms with Gasteiger partial charge in [-0.1, -0.05) is 0 Å². The molecule has 1 amide bonds. The Bertz CT molecular complexity index is 1340. The van der Waals surface area contributed by atoms with Gasteiger partial charge in [0.05, 0.1) is 28.6 Å². The molecule has 2 N–H and O–H groups in total. The average molecular weight is 496 g/mol. The largest absolute Gasteiger partial charge is 0.444 e. The molecule has 0 bridgehead atoms. The summed E-state index contributed by atoms with van der Waals surface area (Å²) in [5, 5.41) is 4.44. The van der Waals surface area contributed by atoms with E-state index in [1.165, 1.54) is 6.07 Å². The summed E-state index contributed by atoms with van der Waals surface area (Å²) in [5.74, 6) is -0.475. The monoisotopic (exact) mass is 495 g/mol. The molecule has 192 valence electrons. The number of nitrogens with two attached hydrogens (primary N) is 1. The number of piperazine rings is 1. The normalized spacial score (nSPS) is 16.5. The summed E-state index contributed by atoms with van der Waals surface area (Å²) < 4.78 is 22.4. The predicted octanol–water partition coefficient (Wildman–Crippen LogP) is 4.36. The molecule has 0 saturated carbocycles. The molecule has 0 spiro atoms. The number of amidine groups is 1. The van der Waals surface area contributed by atoms with Crippen molar-refractivity contribution in [2.75, 3.05) is 24.5 Å². The van der Waals surface area contributed by atoms with E-state index in [1.54, 1.807) is 11.1 Å². The van der Waals surface area contributed by atoms with Crippen LogP contribution in [0.2, 0.25) is 0 Å². The molecule has 0 radical (unpaired) electrons. The maximum absolute atomic E-state index is 15.0. The number of halogens is 1. The van der Waals surface area contributed by atoms with Crippen molar-refractivity contribution in [2.45, 2.75) is 59.6 Å². The SMILES string of the molecule is Cc1cc2cc(/C(N)=N/c3ncc(N4CCN(C(=O)OC(C)(C)C)C(C)(C)C4)cc3F)cc(C)n2n1. The first-order valence-corrected chi connectivity index (χ1v) is 12.0. The third-order valence-electron chi connectivity index (χ3n) is 6.07. The summed E-state index contributed by atoms with van der Waals surface area (Å²) in [6, 6.07) is 7.08. The number of nitrogens with zero attached hydrogens (tertiary/aromatic N) is 6. The van der Waals surface area contributed by atoms with Crippen molar-refractivity contribution in [2.24, 2.45) is 10.7 Å². The molecule has 0 unspecified atom stereocenters. The summed E-state index contributed by atoms with van der Waals surface area (Å²) in [4.78, 5) is 24.9. The van der Waals surface area contributed by atoms with Crippen LogP contribution in [0.15, 0.2) is 35.5 Å². The second kappa shape index (κ2) is 9.07. The molecular weight excluding hydrogens is 461 g/mol. The van der Waals surface area contributed by atoms with E-state index in [0.717, 1.165) is 16.9 Å². The number of carbonyl (C=O) groups is 1. The predicted molar refractivity (Wildman–Crippen MR) is 138 cm³/mol. The summed E-state index contributed by atoms with van der Waals surface area (Å²) >= 11 is 0. The Morgan fingerprint density at radius 1 is 1.17 bits per heavy atom. The van der Waals surface area contributed by atoms with Crippen molar-refractivity contribution in [3.05, 3.63) is 53.2 Å². The van der Waals surface area contributed by atoms with E-state index in [9.17, 15) is 4.79 Å². The van der Waals surface area contributed by atoms with Gasteiger partial charge >= 0.3 is 6.09 Å². The van der Waals surface area contributed by atoms with Gasteiger partial charge in [0, 0.05) is 37.0 Å². The average Bonchev–Trinajstić information content (AvgIpc) is 3.13. The van der Waals surface area contributed by atoms with E-state index in [4.69, 9.17) is 10.5 Å². The Labute approximate surface area is 210 Å². The van der Waals surface area contributed by atoms with E-state index in [1.807, 2.05) is 76.1 Å². The summed E-state index contributed by atoms with van der Waals surface area (Å²) in [6.45, 7) is 14.8. The van der Waals surface area contributed by atoms with Crippen molar-refractivity contribution >= 4 is 29.0 Å². The Kier molecular flexibility index (Phi) is 6.40. The van der Waals surface area contributed by atoms with E-state index in [2.05, 4.69) is 15.1 Å². The molecular formula is C26H34FN7O2. The lowest BCUT2D eigenvalue weighted by Gasteiger charge is -2.47. The molecule has 1 aliphatic rings. The van der Waals surface area contributed by atoms with Gasteiger partial charge in [-0.15, -0.1) is 0 Å². The van der Waals surface area contributed by atoms with Crippen LogP contribution >= 0.6 is 0 Å². The number of aryl methyl sites for hydroxylation is 2. The van der Waals surface area contributed by atoms with Crippen LogP contribution in [0.5, 0.6) is 0 Å². The standard InChI is InChI=1S/C26H34FN7O2/c1-16-10-19-12-18(11-17(2)34(19)31-16)22(28)30-23-21(27)13-20(14-29-23)32-8-9-33(26(6,7)15-32)24(35)36-25(3,4)5/h10-14H,8-9,15H2,1-7H3,(H2,28,29,30). The van der Waals surface area contributed by atoms with Crippen LogP contribution in [-0.2, 0) is 4.74 Å². The smallest absolute Gasteiger partial charge is 0.410 e. The zero-order valence-electron chi connectivity index (χ0n) is 22.0. The zero-order chi connectivity index (χ0) is 26.4. The van der Waals surface area contributed by atoms with Gasteiger partial charge in [0.1, 0.15) is 11.4 Å². The van der Waals surface area contributed by atoms with Gasteiger partial charge in [0.15, 0.2) is 11.6 Å². The summed E-state index contributed by atoms with van der Waals surface area (Å²) in [5.41, 5.74) is 9.10. The van der Waals surface area contributed by atoms with Crippen LogP contribution in [-0.4, -0.2) is 62.2 Å². The first-order valence-electron chi connectivity index (χ1n) is 12.0. The highest BCUT2D eigenvalue weighted by Crippen LogP contribution is 2.29.